The third kappa shape index (κ3) is 3.27. The standard InChI is InChI=1S/C16H19N3O3/c1-21-13-9-5-8-12(10-13)14(20)17-16-19-18-15(22-16)11-6-3-2-4-7-11/h5,8-11H,2-4,6-7H2,1H3,(H,17,19,20). The molecule has 0 radical (unpaired) electrons. The van der Waals surface area contributed by atoms with Crippen molar-refractivity contribution in [3.63, 3.8) is 0 Å². The van der Waals surface area contributed by atoms with Gasteiger partial charge in [0.2, 0.25) is 5.89 Å². The Labute approximate surface area is 128 Å². The van der Waals surface area contributed by atoms with E-state index in [9.17, 15) is 4.79 Å². The molecular weight excluding hydrogens is 282 g/mol. The van der Waals surface area contributed by atoms with Crippen LogP contribution in [0.15, 0.2) is 28.7 Å². The van der Waals surface area contributed by atoms with Crippen LogP contribution in [0.4, 0.5) is 6.01 Å². The van der Waals surface area contributed by atoms with Gasteiger partial charge in [0.25, 0.3) is 5.91 Å². The molecule has 0 bridgehead atoms. The number of rotatable bonds is 4. The van der Waals surface area contributed by atoms with Crippen molar-refractivity contribution >= 4 is 11.9 Å². The first kappa shape index (κ1) is 14.6. The Kier molecular flexibility index (Phi) is 4.37. The summed E-state index contributed by atoms with van der Waals surface area (Å²) >= 11 is 0. The summed E-state index contributed by atoms with van der Waals surface area (Å²) in [6, 6.07) is 7.05. The summed E-state index contributed by atoms with van der Waals surface area (Å²) in [6.07, 6.45) is 5.80. The zero-order chi connectivity index (χ0) is 15.4. The summed E-state index contributed by atoms with van der Waals surface area (Å²) in [5.74, 6) is 1.28. The average Bonchev–Trinajstić information content (AvgIpc) is 3.04. The van der Waals surface area contributed by atoms with E-state index in [0.717, 1.165) is 12.8 Å². The molecular formula is C16H19N3O3. The highest BCUT2D eigenvalue weighted by Gasteiger charge is 2.22. The number of methoxy groups -OCH3 is 1. The predicted molar refractivity (Wildman–Crippen MR) is 81.1 cm³/mol. The molecule has 1 N–H and O–H groups in total. The highest BCUT2D eigenvalue weighted by atomic mass is 16.5. The number of hydrogen-bond acceptors (Lipinski definition) is 5. The SMILES string of the molecule is COc1cccc(C(=O)Nc2nnc(C3CCCCC3)o2)c1. The summed E-state index contributed by atoms with van der Waals surface area (Å²) < 4.78 is 10.7. The van der Waals surface area contributed by atoms with Crippen molar-refractivity contribution in [1.82, 2.24) is 10.2 Å². The highest BCUT2D eigenvalue weighted by molar-refractivity contribution is 6.03. The monoisotopic (exact) mass is 301 g/mol. The van der Waals surface area contributed by atoms with Crippen LogP contribution >= 0.6 is 0 Å². The molecule has 6 heteroatoms. The second-order valence-corrected chi connectivity index (χ2v) is 5.47. The fraction of sp³-hybridized carbons (Fsp3) is 0.438. The molecule has 1 amide bonds. The fourth-order valence-corrected chi connectivity index (χ4v) is 2.73. The van der Waals surface area contributed by atoms with Gasteiger partial charge >= 0.3 is 6.01 Å². The molecule has 1 aromatic heterocycles. The average molecular weight is 301 g/mol. The molecule has 116 valence electrons. The second-order valence-electron chi connectivity index (χ2n) is 5.47. The predicted octanol–water partition coefficient (Wildman–Crippen LogP) is 3.38. The van der Waals surface area contributed by atoms with Crippen LogP contribution in [0, 0.1) is 0 Å². The van der Waals surface area contributed by atoms with E-state index in [2.05, 4.69) is 15.5 Å². The second kappa shape index (κ2) is 6.60. The molecule has 1 saturated carbocycles. The van der Waals surface area contributed by atoms with E-state index in [0.29, 0.717) is 23.1 Å². The zero-order valence-electron chi connectivity index (χ0n) is 12.5. The Morgan fingerprint density at radius 2 is 2.09 bits per heavy atom. The summed E-state index contributed by atoms with van der Waals surface area (Å²) in [5, 5.41) is 10.6. The Bertz CT molecular complexity index is 648. The lowest BCUT2D eigenvalue weighted by Crippen LogP contribution is -2.12. The van der Waals surface area contributed by atoms with Gasteiger partial charge in [0.1, 0.15) is 5.75 Å². The van der Waals surface area contributed by atoms with Crippen LogP contribution in [-0.2, 0) is 0 Å². The molecule has 3 rings (SSSR count). The number of anilines is 1. The maximum atomic E-state index is 12.2. The van der Waals surface area contributed by atoms with Gasteiger partial charge in [0.15, 0.2) is 0 Å². The number of aromatic nitrogens is 2. The lowest BCUT2D eigenvalue weighted by atomic mass is 9.89. The van der Waals surface area contributed by atoms with Crippen LogP contribution in [0.5, 0.6) is 5.75 Å². The van der Waals surface area contributed by atoms with Crippen LogP contribution in [0.3, 0.4) is 0 Å². The van der Waals surface area contributed by atoms with Crippen molar-refractivity contribution < 1.29 is 13.9 Å². The molecule has 1 aliphatic carbocycles. The van der Waals surface area contributed by atoms with Gasteiger partial charge in [-0.3, -0.25) is 10.1 Å². The molecule has 0 spiro atoms. The molecule has 1 fully saturated rings. The number of carbonyl (C=O) groups excluding carboxylic acids is 1. The maximum Gasteiger partial charge on any atom is 0.322 e. The number of nitrogens with one attached hydrogen (secondary N) is 1. The molecule has 6 nitrogen and oxygen atoms in total. The van der Waals surface area contributed by atoms with Crippen molar-refractivity contribution in [3.05, 3.63) is 35.7 Å². The molecule has 1 aliphatic rings. The Morgan fingerprint density at radius 3 is 2.86 bits per heavy atom. The molecule has 1 heterocycles. The molecule has 2 aromatic rings. The lowest BCUT2D eigenvalue weighted by molar-refractivity contribution is 0.102. The minimum absolute atomic E-state index is 0.147. The van der Waals surface area contributed by atoms with Crippen LogP contribution in [0.2, 0.25) is 0 Å². The Hall–Kier alpha value is -2.37. The van der Waals surface area contributed by atoms with E-state index < -0.39 is 0 Å². The first-order valence-electron chi connectivity index (χ1n) is 7.55. The van der Waals surface area contributed by atoms with E-state index in [1.54, 1.807) is 31.4 Å². The molecule has 1 aromatic carbocycles. The van der Waals surface area contributed by atoms with E-state index in [1.807, 2.05) is 0 Å². The van der Waals surface area contributed by atoms with Gasteiger partial charge in [-0.15, -0.1) is 5.10 Å². The zero-order valence-corrected chi connectivity index (χ0v) is 12.5. The van der Waals surface area contributed by atoms with Gasteiger partial charge in [-0.1, -0.05) is 30.4 Å². The number of benzene rings is 1. The number of amides is 1. The quantitative estimate of drug-likeness (QED) is 0.936. The number of nitrogens with zero attached hydrogens (tertiary/aromatic N) is 2. The van der Waals surface area contributed by atoms with Crippen molar-refractivity contribution in [2.45, 2.75) is 38.0 Å². The Balaban J connectivity index is 1.67. The topological polar surface area (TPSA) is 77.2 Å². The van der Waals surface area contributed by atoms with Crippen molar-refractivity contribution in [3.8, 4) is 5.75 Å². The smallest absolute Gasteiger partial charge is 0.322 e. The molecule has 0 atom stereocenters. The highest BCUT2D eigenvalue weighted by Crippen LogP contribution is 2.32. The van der Waals surface area contributed by atoms with Crippen LogP contribution < -0.4 is 10.1 Å². The molecule has 0 aliphatic heterocycles. The largest absolute Gasteiger partial charge is 0.497 e. The first-order valence-corrected chi connectivity index (χ1v) is 7.55. The fourth-order valence-electron chi connectivity index (χ4n) is 2.73. The van der Waals surface area contributed by atoms with E-state index >= 15 is 0 Å². The summed E-state index contributed by atoms with van der Waals surface area (Å²) in [6.45, 7) is 0. The van der Waals surface area contributed by atoms with E-state index in [4.69, 9.17) is 9.15 Å². The minimum Gasteiger partial charge on any atom is -0.497 e. The molecule has 22 heavy (non-hydrogen) atoms. The normalized spacial score (nSPS) is 15.5. The summed E-state index contributed by atoms with van der Waals surface area (Å²) in [4.78, 5) is 12.2. The lowest BCUT2D eigenvalue weighted by Gasteiger charge is -2.17. The molecule has 0 unspecified atom stereocenters. The summed E-state index contributed by atoms with van der Waals surface area (Å²) in [7, 11) is 1.56. The van der Waals surface area contributed by atoms with Crippen molar-refractivity contribution in [2.75, 3.05) is 12.4 Å². The van der Waals surface area contributed by atoms with Crippen LogP contribution in [0.1, 0.15) is 54.3 Å². The van der Waals surface area contributed by atoms with Gasteiger partial charge in [0, 0.05) is 11.5 Å². The van der Waals surface area contributed by atoms with Gasteiger partial charge in [-0.2, -0.15) is 0 Å². The van der Waals surface area contributed by atoms with E-state index in [1.165, 1.54) is 19.3 Å². The Morgan fingerprint density at radius 1 is 1.27 bits per heavy atom. The van der Waals surface area contributed by atoms with Gasteiger partial charge < -0.3 is 9.15 Å². The van der Waals surface area contributed by atoms with Crippen molar-refractivity contribution in [1.29, 1.82) is 0 Å². The van der Waals surface area contributed by atoms with Gasteiger partial charge in [-0.05, 0) is 31.0 Å². The first-order chi connectivity index (χ1) is 10.8. The maximum absolute atomic E-state index is 12.2. The number of ether oxygens (including phenoxy) is 1. The third-order valence-electron chi connectivity index (χ3n) is 3.95. The van der Waals surface area contributed by atoms with E-state index in [-0.39, 0.29) is 11.9 Å². The summed E-state index contributed by atoms with van der Waals surface area (Å²) in [5.41, 5.74) is 0.483. The van der Waals surface area contributed by atoms with Crippen LogP contribution in [0.25, 0.3) is 0 Å². The van der Waals surface area contributed by atoms with Crippen LogP contribution in [-0.4, -0.2) is 23.2 Å². The van der Waals surface area contributed by atoms with Crippen molar-refractivity contribution in [2.24, 2.45) is 0 Å². The van der Waals surface area contributed by atoms with Gasteiger partial charge in [0.05, 0.1) is 7.11 Å². The number of carbonyl (C=O) groups is 1. The molecule has 0 saturated heterocycles. The third-order valence-corrected chi connectivity index (χ3v) is 3.95. The number of hydrogen-bond donors (Lipinski definition) is 1. The minimum atomic E-state index is -0.294. The van der Waals surface area contributed by atoms with Gasteiger partial charge in [-0.25, -0.2) is 0 Å².